The van der Waals surface area contributed by atoms with Crippen LogP contribution in [0, 0.1) is 17.1 Å². The molecular formula is C30H24FN5O2. The fourth-order valence-corrected chi connectivity index (χ4v) is 4.14. The summed E-state index contributed by atoms with van der Waals surface area (Å²) in [5.41, 5.74) is 3.26. The van der Waals surface area contributed by atoms with Crippen molar-refractivity contribution in [1.82, 2.24) is 19.3 Å². The van der Waals surface area contributed by atoms with Gasteiger partial charge in [-0.15, -0.1) is 0 Å². The van der Waals surface area contributed by atoms with Crippen LogP contribution in [-0.2, 0) is 19.6 Å². The van der Waals surface area contributed by atoms with Gasteiger partial charge in [0.2, 0.25) is 0 Å². The van der Waals surface area contributed by atoms with Gasteiger partial charge in [0.15, 0.2) is 5.82 Å². The lowest BCUT2D eigenvalue weighted by Gasteiger charge is -2.15. The molecule has 0 amide bonds. The van der Waals surface area contributed by atoms with Crippen LogP contribution in [0.4, 0.5) is 4.39 Å². The van der Waals surface area contributed by atoms with E-state index in [1.807, 2.05) is 43.5 Å². The second-order valence-electron chi connectivity index (χ2n) is 8.69. The summed E-state index contributed by atoms with van der Waals surface area (Å²) in [6.45, 7) is 2.95. The largest absolute Gasteiger partial charge is 0.487 e. The van der Waals surface area contributed by atoms with Crippen molar-refractivity contribution in [2.45, 2.75) is 26.5 Å². The van der Waals surface area contributed by atoms with Crippen LogP contribution in [0.25, 0.3) is 17.1 Å². The smallest absolute Gasteiger partial charge is 0.259 e. The molecule has 2 aromatic carbocycles. The number of aryl methyl sites for hydroxylation is 1. The SMILES string of the molecule is CCn1cc(Cc2cccn(-c3nc(-c4ccc(F)cc4)cc(OCc4ccccc4)c3C#N)c2=O)cn1. The summed E-state index contributed by atoms with van der Waals surface area (Å²) in [6.07, 6.45) is 5.61. The first-order valence-electron chi connectivity index (χ1n) is 12.2. The monoisotopic (exact) mass is 505 g/mol. The Morgan fingerprint density at radius 3 is 2.53 bits per heavy atom. The first kappa shape index (κ1) is 24.7. The number of halogens is 1. The van der Waals surface area contributed by atoms with E-state index >= 15 is 0 Å². The highest BCUT2D eigenvalue weighted by Gasteiger charge is 2.19. The number of benzene rings is 2. The average Bonchev–Trinajstić information content (AvgIpc) is 3.41. The molecule has 0 saturated heterocycles. The predicted octanol–water partition coefficient (Wildman–Crippen LogP) is 5.30. The Bertz CT molecular complexity index is 1670. The minimum Gasteiger partial charge on any atom is -0.487 e. The molecule has 0 bridgehead atoms. The first-order chi connectivity index (χ1) is 18.6. The van der Waals surface area contributed by atoms with E-state index in [-0.39, 0.29) is 35.1 Å². The predicted molar refractivity (Wildman–Crippen MR) is 141 cm³/mol. The van der Waals surface area contributed by atoms with Gasteiger partial charge in [0.25, 0.3) is 5.56 Å². The van der Waals surface area contributed by atoms with Gasteiger partial charge in [-0.05, 0) is 48.4 Å². The van der Waals surface area contributed by atoms with Crippen LogP contribution >= 0.6 is 0 Å². The summed E-state index contributed by atoms with van der Waals surface area (Å²) in [7, 11) is 0. The number of hydrogen-bond acceptors (Lipinski definition) is 5. The normalized spacial score (nSPS) is 10.8. The molecule has 0 radical (unpaired) electrons. The van der Waals surface area contributed by atoms with Gasteiger partial charge >= 0.3 is 0 Å². The molecule has 0 aliphatic carbocycles. The fraction of sp³-hybridized carbons (Fsp3) is 0.133. The van der Waals surface area contributed by atoms with E-state index < -0.39 is 0 Å². The van der Waals surface area contributed by atoms with Crippen molar-refractivity contribution in [3.8, 4) is 28.9 Å². The second-order valence-corrected chi connectivity index (χ2v) is 8.69. The molecule has 3 heterocycles. The lowest BCUT2D eigenvalue weighted by Crippen LogP contribution is -2.23. The van der Waals surface area contributed by atoms with Crippen LogP contribution < -0.4 is 10.3 Å². The maximum atomic E-state index is 13.6. The van der Waals surface area contributed by atoms with Crippen LogP contribution in [0.5, 0.6) is 5.75 Å². The van der Waals surface area contributed by atoms with E-state index in [0.29, 0.717) is 23.2 Å². The highest BCUT2D eigenvalue weighted by atomic mass is 19.1. The molecule has 188 valence electrons. The highest BCUT2D eigenvalue weighted by molar-refractivity contribution is 5.67. The molecule has 8 heteroatoms. The summed E-state index contributed by atoms with van der Waals surface area (Å²) in [5, 5.41) is 14.4. The van der Waals surface area contributed by atoms with Gasteiger partial charge in [-0.2, -0.15) is 10.4 Å². The summed E-state index contributed by atoms with van der Waals surface area (Å²) in [6, 6.07) is 22.7. The van der Waals surface area contributed by atoms with Crippen molar-refractivity contribution in [3.05, 3.63) is 130 Å². The zero-order valence-corrected chi connectivity index (χ0v) is 20.7. The van der Waals surface area contributed by atoms with Gasteiger partial charge in [-0.25, -0.2) is 9.37 Å². The van der Waals surface area contributed by atoms with E-state index in [0.717, 1.165) is 17.7 Å². The summed E-state index contributed by atoms with van der Waals surface area (Å²) < 4.78 is 22.9. The number of nitrogens with zero attached hydrogens (tertiary/aromatic N) is 5. The van der Waals surface area contributed by atoms with Crippen molar-refractivity contribution in [2.75, 3.05) is 0 Å². The Kier molecular flexibility index (Phi) is 7.09. The lowest BCUT2D eigenvalue weighted by molar-refractivity contribution is 0.305. The second kappa shape index (κ2) is 10.9. The number of nitriles is 1. The molecule has 0 unspecified atom stereocenters. The summed E-state index contributed by atoms with van der Waals surface area (Å²) in [5.74, 6) is 0.0502. The molecule has 5 aromatic rings. The van der Waals surface area contributed by atoms with Crippen molar-refractivity contribution < 1.29 is 9.13 Å². The number of pyridine rings is 2. The van der Waals surface area contributed by atoms with Crippen LogP contribution in [0.3, 0.4) is 0 Å². The van der Waals surface area contributed by atoms with Gasteiger partial charge in [0.05, 0.1) is 11.9 Å². The Hall–Kier alpha value is -5.03. The third-order valence-corrected chi connectivity index (χ3v) is 6.11. The number of ether oxygens (including phenoxy) is 1. The number of aromatic nitrogens is 4. The molecule has 5 rings (SSSR count). The molecule has 0 saturated carbocycles. The molecule has 0 spiro atoms. The molecular weight excluding hydrogens is 481 g/mol. The molecule has 0 fully saturated rings. The first-order valence-corrected chi connectivity index (χ1v) is 12.2. The molecule has 0 atom stereocenters. The quantitative estimate of drug-likeness (QED) is 0.286. The molecule has 3 aromatic heterocycles. The molecule has 7 nitrogen and oxygen atoms in total. The topological polar surface area (TPSA) is 85.7 Å². The molecule has 38 heavy (non-hydrogen) atoms. The van der Waals surface area contributed by atoms with Crippen LogP contribution in [0.1, 0.15) is 29.2 Å². The number of rotatable bonds is 8. The van der Waals surface area contributed by atoms with Crippen LogP contribution in [0.15, 0.2) is 96.2 Å². The Labute approximate surface area is 219 Å². The van der Waals surface area contributed by atoms with Crippen molar-refractivity contribution >= 4 is 0 Å². The lowest BCUT2D eigenvalue weighted by atomic mass is 10.1. The van der Waals surface area contributed by atoms with E-state index in [2.05, 4.69) is 16.2 Å². The van der Waals surface area contributed by atoms with Gasteiger partial charge in [0.1, 0.15) is 29.8 Å². The number of hydrogen-bond donors (Lipinski definition) is 0. The molecule has 0 N–H and O–H groups in total. The van der Waals surface area contributed by atoms with Crippen LogP contribution in [-0.4, -0.2) is 19.3 Å². The van der Waals surface area contributed by atoms with Gasteiger partial charge < -0.3 is 4.74 Å². The minimum atomic E-state index is -0.376. The van der Waals surface area contributed by atoms with Crippen molar-refractivity contribution in [3.63, 3.8) is 0 Å². The van der Waals surface area contributed by atoms with Crippen LogP contribution in [0.2, 0.25) is 0 Å². The fourth-order valence-electron chi connectivity index (χ4n) is 4.14. The maximum Gasteiger partial charge on any atom is 0.259 e. The van der Waals surface area contributed by atoms with E-state index in [4.69, 9.17) is 4.74 Å². The van der Waals surface area contributed by atoms with E-state index in [9.17, 15) is 14.4 Å². The summed E-state index contributed by atoms with van der Waals surface area (Å²) >= 11 is 0. The maximum absolute atomic E-state index is 13.6. The zero-order chi connectivity index (χ0) is 26.5. The average molecular weight is 506 g/mol. The molecule has 0 aliphatic heterocycles. The highest BCUT2D eigenvalue weighted by Crippen LogP contribution is 2.30. The Morgan fingerprint density at radius 2 is 1.82 bits per heavy atom. The third-order valence-electron chi connectivity index (χ3n) is 6.11. The standard InChI is InChI=1S/C30H24FN5O2/c1-2-35-19-22(18-33-35)15-24-9-6-14-36(30(24)37)29-26(17-32)28(38-20-21-7-4-3-5-8-21)16-27(34-29)23-10-12-25(31)13-11-23/h3-14,16,18-19H,2,15,20H2,1H3. The van der Waals surface area contributed by atoms with Gasteiger partial charge in [-0.3, -0.25) is 14.0 Å². The minimum absolute atomic E-state index is 0.129. The van der Waals surface area contributed by atoms with Gasteiger partial charge in [0, 0.05) is 42.6 Å². The van der Waals surface area contributed by atoms with E-state index in [1.165, 1.54) is 16.7 Å². The van der Waals surface area contributed by atoms with Crippen molar-refractivity contribution in [1.29, 1.82) is 5.26 Å². The Balaban J connectivity index is 1.61. The molecule has 0 aliphatic rings. The Morgan fingerprint density at radius 1 is 1.03 bits per heavy atom. The zero-order valence-electron chi connectivity index (χ0n) is 20.7. The van der Waals surface area contributed by atoms with E-state index in [1.54, 1.807) is 47.4 Å². The third kappa shape index (κ3) is 5.22. The van der Waals surface area contributed by atoms with Crippen molar-refractivity contribution in [2.24, 2.45) is 0 Å². The summed E-state index contributed by atoms with van der Waals surface area (Å²) in [4.78, 5) is 18.3. The van der Waals surface area contributed by atoms with Gasteiger partial charge in [-0.1, -0.05) is 36.4 Å².